The molecule has 0 bridgehead atoms. The van der Waals surface area contributed by atoms with E-state index < -0.39 is 30.7 Å². The van der Waals surface area contributed by atoms with Crippen LogP contribution in [0.15, 0.2) is 24.5 Å². The summed E-state index contributed by atoms with van der Waals surface area (Å²) in [6.45, 7) is -1.06. The highest BCUT2D eigenvalue weighted by molar-refractivity contribution is 6.39. The zero-order valence-electron chi connectivity index (χ0n) is 12.6. The molecule has 0 aliphatic carbocycles. The Morgan fingerprint density at radius 2 is 1.92 bits per heavy atom. The standard InChI is InChI=1S/C14H16F4N4O2/c15-13(16)14(17,18)9-21-4-6-22(7-5-21)12(24)11(23)20-10-2-1-3-19-8-10/h1-3,8,13H,4-7,9H2,(H,20,23). The van der Waals surface area contributed by atoms with Gasteiger partial charge in [-0.1, -0.05) is 0 Å². The molecule has 1 fully saturated rings. The van der Waals surface area contributed by atoms with Crippen LogP contribution < -0.4 is 5.32 Å². The topological polar surface area (TPSA) is 65.5 Å². The maximum Gasteiger partial charge on any atom is 0.319 e. The minimum Gasteiger partial charge on any atom is -0.332 e. The summed E-state index contributed by atoms with van der Waals surface area (Å²) in [5, 5.41) is 2.38. The van der Waals surface area contributed by atoms with Crippen LogP contribution in [0.2, 0.25) is 0 Å². The van der Waals surface area contributed by atoms with Crippen molar-refractivity contribution in [1.82, 2.24) is 14.8 Å². The predicted octanol–water partition coefficient (Wildman–Crippen LogP) is 1.06. The van der Waals surface area contributed by atoms with Gasteiger partial charge in [0.05, 0.1) is 18.4 Å². The van der Waals surface area contributed by atoms with Crippen molar-refractivity contribution in [3.05, 3.63) is 24.5 Å². The number of nitrogens with one attached hydrogen (secondary N) is 1. The monoisotopic (exact) mass is 348 g/mol. The molecule has 10 heteroatoms. The molecular weight excluding hydrogens is 332 g/mol. The van der Waals surface area contributed by atoms with Crippen molar-refractivity contribution in [2.75, 3.05) is 38.0 Å². The molecule has 2 amide bonds. The van der Waals surface area contributed by atoms with E-state index in [9.17, 15) is 27.2 Å². The maximum atomic E-state index is 13.0. The zero-order chi connectivity index (χ0) is 17.7. The molecule has 0 radical (unpaired) electrons. The Morgan fingerprint density at radius 1 is 1.25 bits per heavy atom. The molecule has 1 aromatic heterocycles. The van der Waals surface area contributed by atoms with Gasteiger partial charge in [0.25, 0.3) is 0 Å². The van der Waals surface area contributed by atoms with Crippen LogP contribution in [-0.2, 0) is 9.59 Å². The molecule has 2 heterocycles. The number of rotatable bonds is 4. The van der Waals surface area contributed by atoms with Gasteiger partial charge in [-0.2, -0.15) is 8.78 Å². The van der Waals surface area contributed by atoms with E-state index in [1.54, 1.807) is 12.1 Å². The molecule has 1 saturated heterocycles. The summed E-state index contributed by atoms with van der Waals surface area (Å²) < 4.78 is 50.4. The molecular formula is C14H16F4N4O2. The van der Waals surface area contributed by atoms with E-state index in [0.717, 1.165) is 4.90 Å². The van der Waals surface area contributed by atoms with Gasteiger partial charge < -0.3 is 10.2 Å². The van der Waals surface area contributed by atoms with Crippen LogP contribution in [0.5, 0.6) is 0 Å². The number of amides is 2. The minimum atomic E-state index is -4.09. The SMILES string of the molecule is O=C(Nc1cccnc1)C(=O)N1CCN(CC(F)(F)C(F)F)CC1. The van der Waals surface area contributed by atoms with Crippen molar-refractivity contribution in [2.24, 2.45) is 0 Å². The lowest BCUT2D eigenvalue weighted by molar-refractivity contribution is -0.151. The lowest BCUT2D eigenvalue weighted by atomic mass is 10.2. The third-order valence-corrected chi connectivity index (χ3v) is 3.53. The predicted molar refractivity (Wildman–Crippen MR) is 76.8 cm³/mol. The summed E-state index contributed by atoms with van der Waals surface area (Å²) in [6.07, 6.45) is -0.857. The first-order chi connectivity index (χ1) is 11.3. The van der Waals surface area contributed by atoms with Gasteiger partial charge in [0, 0.05) is 32.4 Å². The largest absolute Gasteiger partial charge is 0.332 e. The smallest absolute Gasteiger partial charge is 0.319 e. The van der Waals surface area contributed by atoms with E-state index in [-0.39, 0.29) is 26.2 Å². The first-order valence-corrected chi connectivity index (χ1v) is 7.18. The second kappa shape index (κ2) is 7.56. The molecule has 1 N–H and O–H groups in total. The second-order valence-electron chi connectivity index (χ2n) is 5.33. The average molecular weight is 348 g/mol. The van der Waals surface area contributed by atoms with E-state index in [4.69, 9.17) is 0 Å². The van der Waals surface area contributed by atoms with Gasteiger partial charge in [0.2, 0.25) is 0 Å². The summed E-state index contributed by atoms with van der Waals surface area (Å²) >= 11 is 0. The van der Waals surface area contributed by atoms with Crippen LogP contribution >= 0.6 is 0 Å². The number of carbonyl (C=O) groups is 2. The van der Waals surface area contributed by atoms with Crippen LogP contribution in [0.1, 0.15) is 0 Å². The van der Waals surface area contributed by atoms with Crippen molar-refractivity contribution < 1.29 is 27.2 Å². The van der Waals surface area contributed by atoms with Gasteiger partial charge in [-0.3, -0.25) is 19.5 Å². The third-order valence-electron chi connectivity index (χ3n) is 3.53. The number of anilines is 1. The number of aromatic nitrogens is 1. The van der Waals surface area contributed by atoms with Crippen LogP contribution in [-0.4, -0.2) is 71.7 Å². The van der Waals surface area contributed by atoms with Crippen LogP contribution in [0.3, 0.4) is 0 Å². The normalized spacial score (nSPS) is 16.3. The maximum absolute atomic E-state index is 13.0. The zero-order valence-corrected chi connectivity index (χ0v) is 12.6. The van der Waals surface area contributed by atoms with Gasteiger partial charge in [-0.15, -0.1) is 0 Å². The first-order valence-electron chi connectivity index (χ1n) is 7.18. The van der Waals surface area contributed by atoms with E-state index in [2.05, 4.69) is 10.3 Å². The highest BCUT2D eigenvalue weighted by atomic mass is 19.3. The highest BCUT2D eigenvalue weighted by Gasteiger charge is 2.43. The van der Waals surface area contributed by atoms with Crippen molar-refractivity contribution in [3.8, 4) is 0 Å². The molecule has 6 nitrogen and oxygen atoms in total. The number of nitrogens with zero attached hydrogens (tertiary/aromatic N) is 3. The summed E-state index contributed by atoms with van der Waals surface area (Å²) in [5.41, 5.74) is 0.353. The Balaban J connectivity index is 1.83. The molecule has 0 aromatic carbocycles. The Kier molecular flexibility index (Phi) is 5.71. The molecule has 2 rings (SSSR count). The first kappa shape index (κ1) is 18.1. The van der Waals surface area contributed by atoms with E-state index in [1.807, 2.05) is 0 Å². The lowest BCUT2D eigenvalue weighted by Crippen LogP contribution is -2.54. The molecule has 1 aromatic rings. The number of pyridine rings is 1. The lowest BCUT2D eigenvalue weighted by Gasteiger charge is -2.35. The Hall–Kier alpha value is -2.23. The summed E-state index contributed by atoms with van der Waals surface area (Å²) in [6, 6.07) is 3.14. The average Bonchev–Trinajstić information content (AvgIpc) is 2.55. The van der Waals surface area contributed by atoms with Crippen molar-refractivity contribution in [2.45, 2.75) is 12.3 Å². The molecule has 1 aliphatic rings. The van der Waals surface area contributed by atoms with Crippen molar-refractivity contribution in [3.63, 3.8) is 0 Å². The van der Waals surface area contributed by atoms with Gasteiger partial charge in [-0.05, 0) is 12.1 Å². The molecule has 132 valence electrons. The molecule has 24 heavy (non-hydrogen) atoms. The minimum absolute atomic E-state index is 0.00573. The van der Waals surface area contributed by atoms with Gasteiger partial charge in [-0.25, -0.2) is 8.78 Å². The second-order valence-corrected chi connectivity index (χ2v) is 5.33. The number of hydrogen-bond donors (Lipinski definition) is 1. The highest BCUT2D eigenvalue weighted by Crippen LogP contribution is 2.24. The number of alkyl halides is 4. The fourth-order valence-corrected chi connectivity index (χ4v) is 2.24. The summed E-state index contributed by atoms with van der Waals surface area (Å²) in [4.78, 5) is 30.0. The Morgan fingerprint density at radius 3 is 2.46 bits per heavy atom. The van der Waals surface area contributed by atoms with E-state index in [0.29, 0.717) is 5.69 Å². The number of hydrogen-bond acceptors (Lipinski definition) is 4. The number of piperazine rings is 1. The van der Waals surface area contributed by atoms with E-state index >= 15 is 0 Å². The molecule has 1 aliphatic heterocycles. The third kappa shape index (κ3) is 4.63. The number of carbonyl (C=O) groups excluding carboxylic acids is 2. The van der Waals surface area contributed by atoms with Crippen LogP contribution in [0.4, 0.5) is 23.2 Å². The van der Waals surface area contributed by atoms with Crippen LogP contribution in [0.25, 0.3) is 0 Å². The summed E-state index contributed by atoms with van der Waals surface area (Å²) in [7, 11) is 0. The van der Waals surface area contributed by atoms with Crippen molar-refractivity contribution in [1.29, 1.82) is 0 Å². The van der Waals surface area contributed by atoms with Crippen LogP contribution in [0, 0.1) is 0 Å². The Labute approximate surface area is 135 Å². The quantitative estimate of drug-likeness (QED) is 0.653. The van der Waals surface area contributed by atoms with Crippen molar-refractivity contribution >= 4 is 17.5 Å². The molecule has 0 spiro atoms. The molecule has 0 atom stereocenters. The van der Waals surface area contributed by atoms with Gasteiger partial charge in [0.15, 0.2) is 0 Å². The summed E-state index contributed by atoms with van der Waals surface area (Å²) in [5.74, 6) is -5.77. The molecule has 0 saturated carbocycles. The fourth-order valence-electron chi connectivity index (χ4n) is 2.24. The number of halogens is 4. The molecule has 0 unspecified atom stereocenters. The fraction of sp³-hybridized carbons (Fsp3) is 0.500. The van der Waals surface area contributed by atoms with Gasteiger partial charge in [0.1, 0.15) is 0 Å². The van der Waals surface area contributed by atoms with Gasteiger partial charge >= 0.3 is 24.2 Å². The van der Waals surface area contributed by atoms with E-state index in [1.165, 1.54) is 17.3 Å². The Bertz CT molecular complexity index is 577.